The van der Waals surface area contributed by atoms with Crippen molar-refractivity contribution in [1.82, 2.24) is 20.2 Å². The number of piperidine rings is 1. The molecule has 10 heteroatoms. The number of Topliss-reactive ketones (excluding diaryl/α,β-unsaturated/α-hetero) is 1. The number of fused-ring (bicyclic) bond motifs is 1. The van der Waals surface area contributed by atoms with Gasteiger partial charge in [-0.1, -0.05) is 31.0 Å². The summed E-state index contributed by atoms with van der Waals surface area (Å²) in [6.07, 6.45) is 9.86. The van der Waals surface area contributed by atoms with Crippen LogP contribution < -0.4 is 10.1 Å². The summed E-state index contributed by atoms with van der Waals surface area (Å²) in [5.74, 6) is 1.60. The molecular formula is C31H39N5O5. The number of likely N-dealkylation sites (tertiary alicyclic amines) is 1. The molecule has 1 N–H and O–H groups in total. The molecule has 0 unspecified atom stereocenters. The van der Waals surface area contributed by atoms with Crippen molar-refractivity contribution in [1.29, 1.82) is 0 Å². The van der Waals surface area contributed by atoms with Gasteiger partial charge in [0.25, 0.3) is 5.91 Å². The Bertz CT molecular complexity index is 1410. The van der Waals surface area contributed by atoms with E-state index in [0.29, 0.717) is 48.8 Å². The van der Waals surface area contributed by atoms with E-state index in [9.17, 15) is 9.59 Å². The van der Waals surface area contributed by atoms with E-state index in [0.717, 1.165) is 61.7 Å². The Kier molecular flexibility index (Phi) is 8.97. The van der Waals surface area contributed by atoms with Gasteiger partial charge < -0.3 is 24.2 Å². The first-order valence-corrected chi connectivity index (χ1v) is 14.5. The van der Waals surface area contributed by atoms with Crippen LogP contribution in [0.15, 0.2) is 46.2 Å². The Hall–Kier alpha value is -3.79. The van der Waals surface area contributed by atoms with Gasteiger partial charge in [0.05, 0.1) is 24.4 Å². The molecule has 1 aromatic carbocycles. The molecule has 1 amide bonds. The summed E-state index contributed by atoms with van der Waals surface area (Å²) < 4.78 is 11.9. The number of hydrogen-bond acceptors (Lipinski definition) is 9. The first-order valence-electron chi connectivity index (χ1n) is 14.5. The Morgan fingerprint density at radius 3 is 2.78 bits per heavy atom. The number of hydrogen-bond donors (Lipinski definition) is 1. The molecule has 1 fully saturated rings. The molecule has 2 aromatic heterocycles. The summed E-state index contributed by atoms with van der Waals surface area (Å²) in [6.45, 7) is 3.72. The first-order chi connectivity index (χ1) is 19.9. The Morgan fingerprint density at radius 2 is 2.00 bits per heavy atom. The maximum absolute atomic E-state index is 13.4. The first kappa shape index (κ1) is 28.7. The highest BCUT2D eigenvalue weighted by Crippen LogP contribution is 2.36. The zero-order chi connectivity index (χ0) is 28.8. The number of pyridine rings is 1. The minimum Gasteiger partial charge on any atom is -0.496 e. The Morgan fingerprint density at radius 1 is 1.17 bits per heavy atom. The molecule has 41 heavy (non-hydrogen) atoms. The molecule has 0 aliphatic carbocycles. The molecule has 0 bridgehead atoms. The van der Waals surface area contributed by atoms with Gasteiger partial charge in [0.15, 0.2) is 5.76 Å². The van der Waals surface area contributed by atoms with Crippen LogP contribution in [0.4, 0.5) is 0 Å². The van der Waals surface area contributed by atoms with E-state index in [1.54, 1.807) is 19.5 Å². The van der Waals surface area contributed by atoms with Crippen molar-refractivity contribution in [2.24, 2.45) is 5.16 Å². The van der Waals surface area contributed by atoms with Crippen molar-refractivity contribution in [3.8, 4) is 17.1 Å². The number of benzene rings is 1. The number of carbonyl (C=O) groups is 2. The summed E-state index contributed by atoms with van der Waals surface area (Å²) in [4.78, 5) is 42.2. The number of oxime groups is 1. The van der Waals surface area contributed by atoms with Gasteiger partial charge in [-0.05, 0) is 32.0 Å². The number of ketones is 1. The largest absolute Gasteiger partial charge is 0.496 e. The fraction of sp³-hybridized carbons (Fsp3) is 0.516. The van der Waals surface area contributed by atoms with Gasteiger partial charge in [0.2, 0.25) is 5.89 Å². The number of rotatable bonds is 12. The minimum atomic E-state index is -0.456. The third-order valence-electron chi connectivity index (χ3n) is 8.16. The second kappa shape index (κ2) is 12.8. The molecule has 4 heterocycles. The number of oxazole rings is 1. The topological polar surface area (TPSA) is 119 Å². The van der Waals surface area contributed by atoms with Crippen molar-refractivity contribution in [2.75, 3.05) is 27.2 Å². The summed E-state index contributed by atoms with van der Waals surface area (Å²) >= 11 is 0. The lowest BCUT2D eigenvalue weighted by atomic mass is 9.87. The van der Waals surface area contributed by atoms with E-state index in [1.165, 1.54) is 0 Å². The third-order valence-corrected chi connectivity index (χ3v) is 8.16. The van der Waals surface area contributed by atoms with Crippen LogP contribution in [0.25, 0.3) is 22.2 Å². The molecular weight excluding hydrogens is 522 g/mol. The molecule has 1 atom stereocenters. The highest BCUT2D eigenvalue weighted by atomic mass is 16.7. The average Bonchev–Trinajstić information content (AvgIpc) is 3.65. The second-order valence-electron chi connectivity index (χ2n) is 11.1. The molecule has 1 spiro atoms. The number of ether oxygens (including phenoxy) is 1. The van der Waals surface area contributed by atoms with Crippen LogP contribution in [0.1, 0.15) is 76.6 Å². The maximum Gasteiger partial charge on any atom is 0.269 e. The fourth-order valence-electron chi connectivity index (χ4n) is 5.50. The molecule has 1 saturated heterocycles. The standard InChI is InChI=1S/C31H39N5O5/c1-4-22(37)10-6-5-7-11-24(34-29(38)26-19-31(41-35-26)12-15-36(2)16-13-31)30-33-20-28(40-30)23-17-21-9-8-14-32-25(21)18-27(23)39-3/h8-9,14,17-18,20,24H,4-7,10-13,15-16,19H2,1-3H3,(H,34,38)/t24-/m0/s1. The van der Waals surface area contributed by atoms with E-state index >= 15 is 0 Å². The van der Waals surface area contributed by atoms with Gasteiger partial charge in [-0.15, -0.1) is 0 Å². The number of nitrogens with one attached hydrogen (secondary N) is 1. The zero-order valence-corrected chi connectivity index (χ0v) is 24.1. The van der Waals surface area contributed by atoms with Gasteiger partial charge in [-0.2, -0.15) is 0 Å². The van der Waals surface area contributed by atoms with E-state index < -0.39 is 11.6 Å². The normalized spacial score (nSPS) is 17.3. The Labute approximate surface area is 240 Å². The van der Waals surface area contributed by atoms with Crippen LogP contribution in [-0.2, 0) is 14.4 Å². The summed E-state index contributed by atoms with van der Waals surface area (Å²) in [7, 11) is 3.70. The average molecular weight is 562 g/mol. The van der Waals surface area contributed by atoms with Crippen LogP contribution >= 0.6 is 0 Å². The lowest BCUT2D eigenvalue weighted by Crippen LogP contribution is -2.44. The van der Waals surface area contributed by atoms with Crippen molar-refractivity contribution >= 4 is 28.3 Å². The molecule has 2 aliphatic rings. The number of amides is 1. The number of methoxy groups -OCH3 is 1. The quantitative estimate of drug-likeness (QED) is 0.299. The van der Waals surface area contributed by atoms with Crippen LogP contribution in [0.5, 0.6) is 5.75 Å². The van der Waals surface area contributed by atoms with Gasteiger partial charge in [-0.3, -0.25) is 14.6 Å². The predicted molar refractivity (Wildman–Crippen MR) is 156 cm³/mol. The monoisotopic (exact) mass is 561 g/mol. The summed E-state index contributed by atoms with van der Waals surface area (Å²) in [6, 6.07) is 7.25. The predicted octanol–water partition coefficient (Wildman–Crippen LogP) is 5.23. The van der Waals surface area contributed by atoms with Gasteiger partial charge in [0.1, 0.15) is 28.9 Å². The van der Waals surface area contributed by atoms with Crippen molar-refractivity contribution in [3.05, 3.63) is 42.5 Å². The van der Waals surface area contributed by atoms with Crippen LogP contribution in [0, 0.1) is 0 Å². The van der Waals surface area contributed by atoms with Crippen molar-refractivity contribution in [3.63, 3.8) is 0 Å². The van der Waals surface area contributed by atoms with E-state index in [-0.39, 0.29) is 11.7 Å². The molecule has 3 aromatic rings. The number of aromatic nitrogens is 2. The van der Waals surface area contributed by atoms with Gasteiger partial charge in [-0.25, -0.2) is 4.98 Å². The minimum absolute atomic E-state index is 0.263. The Balaban J connectivity index is 1.32. The second-order valence-corrected chi connectivity index (χ2v) is 11.1. The molecule has 10 nitrogen and oxygen atoms in total. The lowest BCUT2D eigenvalue weighted by Gasteiger charge is -2.35. The molecule has 0 saturated carbocycles. The van der Waals surface area contributed by atoms with Crippen molar-refractivity contribution < 1.29 is 23.6 Å². The zero-order valence-electron chi connectivity index (χ0n) is 24.1. The van der Waals surface area contributed by atoms with E-state index in [2.05, 4.69) is 32.4 Å². The highest BCUT2D eigenvalue weighted by molar-refractivity contribution is 6.39. The maximum atomic E-state index is 13.4. The van der Waals surface area contributed by atoms with Crippen LogP contribution in [-0.4, -0.2) is 65.1 Å². The number of unbranched alkanes of at least 4 members (excludes halogenated alkanes) is 2. The summed E-state index contributed by atoms with van der Waals surface area (Å²) in [5, 5.41) is 8.27. The third kappa shape index (κ3) is 6.75. The molecule has 2 aliphatic heterocycles. The van der Waals surface area contributed by atoms with Crippen molar-refractivity contribution in [2.45, 2.75) is 76.4 Å². The number of carbonyl (C=O) groups excluding carboxylic acids is 2. The summed E-state index contributed by atoms with van der Waals surface area (Å²) in [5.41, 5.74) is 1.59. The number of nitrogens with zero attached hydrogens (tertiary/aromatic N) is 4. The molecule has 5 rings (SSSR count). The van der Waals surface area contributed by atoms with Crippen LogP contribution in [0.2, 0.25) is 0 Å². The van der Waals surface area contributed by atoms with Gasteiger partial charge >= 0.3 is 0 Å². The van der Waals surface area contributed by atoms with Crippen LogP contribution in [0.3, 0.4) is 0 Å². The highest BCUT2D eigenvalue weighted by Gasteiger charge is 2.43. The fourth-order valence-corrected chi connectivity index (χ4v) is 5.50. The lowest BCUT2D eigenvalue weighted by molar-refractivity contribution is -0.119. The van der Waals surface area contributed by atoms with E-state index in [1.807, 2.05) is 31.2 Å². The smallest absolute Gasteiger partial charge is 0.269 e. The van der Waals surface area contributed by atoms with Gasteiger partial charge in [0, 0.05) is 62.8 Å². The molecule has 0 radical (unpaired) electrons. The SMILES string of the molecule is CCC(=O)CCCCC[C@H](NC(=O)C1=NOC2(CCN(C)CC2)C1)c1ncc(-c2cc3cccnc3cc2OC)o1. The van der Waals surface area contributed by atoms with E-state index in [4.69, 9.17) is 14.0 Å². The molecule has 218 valence electrons.